The minimum absolute atomic E-state index is 0.0708. The predicted octanol–water partition coefficient (Wildman–Crippen LogP) is 3.42. The second kappa shape index (κ2) is 6.18. The number of aromatic nitrogens is 2. The predicted molar refractivity (Wildman–Crippen MR) is 89.7 cm³/mol. The van der Waals surface area contributed by atoms with Crippen molar-refractivity contribution in [1.29, 1.82) is 0 Å². The van der Waals surface area contributed by atoms with Gasteiger partial charge in [0.2, 0.25) is 5.71 Å². The van der Waals surface area contributed by atoms with Gasteiger partial charge in [0.15, 0.2) is 0 Å². The van der Waals surface area contributed by atoms with Gasteiger partial charge in [0.05, 0.1) is 10.9 Å². The zero-order valence-electron chi connectivity index (χ0n) is 14.0. The van der Waals surface area contributed by atoms with Crippen LogP contribution in [0.3, 0.4) is 0 Å². The van der Waals surface area contributed by atoms with Crippen LogP contribution in [0.2, 0.25) is 0 Å². The lowest BCUT2D eigenvalue weighted by Crippen LogP contribution is -2.25. The summed E-state index contributed by atoms with van der Waals surface area (Å²) >= 11 is 0. The summed E-state index contributed by atoms with van der Waals surface area (Å²) in [6, 6.07) is 0. The van der Waals surface area contributed by atoms with Crippen LogP contribution in [0, 0.1) is 6.92 Å². The van der Waals surface area contributed by atoms with Gasteiger partial charge in [-0.15, -0.1) is 0 Å². The Morgan fingerprint density at radius 2 is 2.13 bits per heavy atom. The summed E-state index contributed by atoms with van der Waals surface area (Å²) < 4.78 is 5.67. The second-order valence-electron chi connectivity index (χ2n) is 6.58. The third-order valence-electron chi connectivity index (χ3n) is 4.38. The van der Waals surface area contributed by atoms with Gasteiger partial charge in [-0.1, -0.05) is 19.8 Å². The molecule has 2 aromatic heterocycles. The van der Waals surface area contributed by atoms with E-state index in [0.717, 1.165) is 32.1 Å². The minimum Gasteiger partial charge on any atom is -0.442 e. The van der Waals surface area contributed by atoms with E-state index in [1.54, 1.807) is 6.92 Å². The van der Waals surface area contributed by atoms with Gasteiger partial charge in [0.1, 0.15) is 17.9 Å². The van der Waals surface area contributed by atoms with Crippen LogP contribution in [-0.4, -0.2) is 28.0 Å². The van der Waals surface area contributed by atoms with E-state index in [1.165, 1.54) is 6.33 Å². The maximum atomic E-state index is 12.6. The summed E-state index contributed by atoms with van der Waals surface area (Å²) in [7, 11) is 0. The second-order valence-corrected chi connectivity index (χ2v) is 6.58. The van der Waals surface area contributed by atoms with Gasteiger partial charge >= 0.3 is 0 Å². The molecule has 2 heterocycles. The highest BCUT2D eigenvalue weighted by Crippen LogP contribution is 2.40. The maximum Gasteiger partial charge on any atom is 0.255 e. The quantitative estimate of drug-likeness (QED) is 0.765. The van der Waals surface area contributed by atoms with E-state index in [2.05, 4.69) is 34.4 Å². The summed E-state index contributed by atoms with van der Waals surface area (Å²) in [5.41, 5.74) is 1.08. The average molecular weight is 316 g/mol. The van der Waals surface area contributed by atoms with Crippen molar-refractivity contribution in [2.24, 2.45) is 0 Å². The van der Waals surface area contributed by atoms with E-state index in [0.29, 0.717) is 34.8 Å². The third kappa shape index (κ3) is 3.30. The Morgan fingerprint density at radius 1 is 1.35 bits per heavy atom. The van der Waals surface area contributed by atoms with E-state index >= 15 is 0 Å². The number of carbonyl (C=O) groups is 1. The Bertz CT molecular complexity index is 719. The highest BCUT2D eigenvalue weighted by atomic mass is 16.3. The number of amides is 1. The number of anilines is 1. The Morgan fingerprint density at radius 3 is 2.83 bits per heavy atom. The molecule has 1 fully saturated rings. The number of rotatable bonds is 7. The number of hydrogen-bond acceptors (Lipinski definition) is 5. The molecule has 0 radical (unpaired) electrons. The molecule has 2 aromatic rings. The zero-order chi connectivity index (χ0) is 16.4. The van der Waals surface area contributed by atoms with Crippen molar-refractivity contribution >= 4 is 22.8 Å². The van der Waals surface area contributed by atoms with Crippen LogP contribution in [0.1, 0.15) is 62.1 Å². The summed E-state index contributed by atoms with van der Waals surface area (Å²) in [6.07, 6.45) is 6.91. The lowest BCUT2D eigenvalue weighted by molar-refractivity contribution is 0.0953. The van der Waals surface area contributed by atoms with Crippen molar-refractivity contribution in [3.8, 4) is 0 Å². The molecule has 1 saturated carbocycles. The molecule has 6 nitrogen and oxygen atoms in total. The van der Waals surface area contributed by atoms with Gasteiger partial charge in [-0.3, -0.25) is 4.79 Å². The number of nitrogens with zero attached hydrogens (tertiary/aromatic N) is 2. The number of hydrogen-bond donors (Lipinski definition) is 2. The van der Waals surface area contributed by atoms with Crippen LogP contribution in [-0.2, 0) is 0 Å². The molecule has 1 amide bonds. The van der Waals surface area contributed by atoms with Gasteiger partial charge in [-0.05, 0) is 33.1 Å². The van der Waals surface area contributed by atoms with E-state index < -0.39 is 0 Å². The van der Waals surface area contributed by atoms with Gasteiger partial charge in [-0.2, -0.15) is 0 Å². The highest BCUT2D eigenvalue weighted by molar-refractivity contribution is 6.10. The summed E-state index contributed by atoms with van der Waals surface area (Å²) in [6.45, 7) is 6.76. The molecule has 1 aliphatic rings. The molecular formula is C17H24N4O2. The fourth-order valence-electron chi connectivity index (χ4n) is 2.68. The largest absolute Gasteiger partial charge is 0.442 e. The monoisotopic (exact) mass is 316 g/mol. The molecule has 0 aliphatic heterocycles. The summed E-state index contributed by atoms with van der Waals surface area (Å²) in [5, 5.41) is 7.09. The van der Waals surface area contributed by atoms with Gasteiger partial charge in [0, 0.05) is 12.1 Å². The number of furan rings is 1. The van der Waals surface area contributed by atoms with Crippen LogP contribution in [0.4, 0.5) is 5.82 Å². The van der Waals surface area contributed by atoms with Crippen molar-refractivity contribution in [2.45, 2.75) is 58.4 Å². The number of aryl methyl sites for hydroxylation is 1. The molecule has 0 aromatic carbocycles. The van der Waals surface area contributed by atoms with Gasteiger partial charge in [0.25, 0.3) is 5.91 Å². The molecule has 0 atom stereocenters. The van der Waals surface area contributed by atoms with Crippen molar-refractivity contribution < 1.29 is 9.21 Å². The van der Waals surface area contributed by atoms with Crippen molar-refractivity contribution in [2.75, 3.05) is 11.9 Å². The van der Waals surface area contributed by atoms with E-state index in [4.69, 9.17) is 4.42 Å². The Kier molecular flexibility index (Phi) is 4.24. The highest BCUT2D eigenvalue weighted by Gasteiger charge is 2.38. The first-order valence-corrected chi connectivity index (χ1v) is 8.34. The van der Waals surface area contributed by atoms with Crippen molar-refractivity contribution in [3.05, 3.63) is 17.7 Å². The Balaban J connectivity index is 1.89. The molecular weight excluding hydrogens is 292 g/mol. The molecule has 0 saturated heterocycles. The average Bonchev–Trinajstić information content (AvgIpc) is 3.12. The first-order chi connectivity index (χ1) is 11.0. The molecule has 23 heavy (non-hydrogen) atoms. The molecule has 0 unspecified atom stereocenters. The topological polar surface area (TPSA) is 80.1 Å². The number of fused-ring (bicyclic) bond motifs is 1. The van der Waals surface area contributed by atoms with Crippen LogP contribution in [0.15, 0.2) is 10.7 Å². The van der Waals surface area contributed by atoms with Gasteiger partial charge < -0.3 is 15.1 Å². The molecule has 3 rings (SSSR count). The minimum atomic E-state index is -0.115. The molecule has 2 N–H and O–H groups in total. The van der Waals surface area contributed by atoms with Gasteiger partial charge in [-0.25, -0.2) is 9.97 Å². The normalized spacial score (nSPS) is 15.6. The molecule has 0 spiro atoms. The Hall–Kier alpha value is -2.11. The number of nitrogens with one attached hydrogen (secondary N) is 2. The molecule has 0 bridgehead atoms. The molecule has 6 heteroatoms. The van der Waals surface area contributed by atoms with Crippen molar-refractivity contribution in [3.63, 3.8) is 0 Å². The summed E-state index contributed by atoms with van der Waals surface area (Å²) in [4.78, 5) is 21.1. The van der Waals surface area contributed by atoms with Crippen molar-refractivity contribution in [1.82, 2.24) is 15.3 Å². The Labute approximate surface area is 136 Å². The van der Waals surface area contributed by atoms with E-state index in [1.807, 2.05) is 0 Å². The third-order valence-corrected chi connectivity index (χ3v) is 4.38. The van der Waals surface area contributed by atoms with Crippen LogP contribution < -0.4 is 10.6 Å². The first kappa shape index (κ1) is 15.8. The van der Waals surface area contributed by atoms with E-state index in [-0.39, 0.29) is 11.4 Å². The standard InChI is InChI=1S/C17H24N4O2/c1-4-5-6-9-18-15(22)12-11(2)23-16-13(12)14(19-10-20-16)21-17(3)7-8-17/h10H,4-9H2,1-3H3,(H,18,22)(H,19,20,21). The first-order valence-electron chi connectivity index (χ1n) is 8.34. The lowest BCUT2D eigenvalue weighted by atomic mass is 10.1. The lowest BCUT2D eigenvalue weighted by Gasteiger charge is -2.13. The number of carbonyl (C=O) groups excluding carboxylic acids is 1. The smallest absolute Gasteiger partial charge is 0.255 e. The fourth-order valence-corrected chi connectivity index (χ4v) is 2.68. The molecule has 124 valence electrons. The zero-order valence-corrected chi connectivity index (χ0v) is 14.0. The van der Waals surface area contributed by atoms with Crippen LogP contribution >= 0.6 is 0 Å². The van der Waals surface area contributed by atoms with Crippen LogP contribution in [0.5, 0.6) is 0 Å². The number of unbranched alkanes of at least 4 members (excludes halogenated alkanes) is 2. The van der Waals surface area contributed by atoms with Crippen LogP contribution in [0.25, 0.3) is 11.1 Å². The maximum absolute atomic E-state index is 12.6. The fraction of sp³-hybridized carbons (Fsp3) is 0.588. The van der Waals surface area contributed by atoms with E-state index in [9.17, 15) is 4.79 Å². The SMILES string of the molecule is CCCCCNC(=O)c1c(C)oc2ncnc(NC3(C)CC3)c12. The molecule has 1 aliphatic carbocycles. The summed E-state index contributed by atoms with van der Waals surface area (Å²) in [5.74, 6) is 1.15.